The Bertz CT molecular complexity index is 800. The molecule has 0 saturated carbocycles. The molecule has 4 amide bonds. The van der Waals surface area contributed by atoms with Gasteiger partial charge in [0.05, 0.1) is 12.7 Å². The van der Waals surface area contributed by atoms with Crippen LogP contribution in [0.2, 0.25) is 0 Å². The van der Waals surface area contributed by atoms with Crippen molar-refractivity contribution in [3.63, 3.8) is 0 Å². The van der Waals surface area contributed by atoms with Crippen LogP contribution in [0.3, 0.4) is 0 Å². The van der Waals surface area contributed by atoms with E-state index in [4.69, 9.17) is 24.5 Å². The van der Waals surface area contributed by atoms with Crippen LogP contribution in [0.4, 0.5) is 9.59 Å². The van der Waals surface area contributed by atoms with E-state index < -0.39 is 67.2 Å². The fourth-order valence-corrected chi connectivity index (χ4v) is 5.27. The van der Waals surface area contributed by atoms with Crippen molar-refractivity contribution < 1.29 is 71.1 Å². The van der Waals surface area contributed by atoms with Crippen LogP contribution in [-0.2, 0) is 31.7 Å². The second kappa shape index (κ2) is 8.64. The first-order chi connectivity index (χ1) is 13.1. The molecule has 2 unspecified atom stereocenters. The van der Waals surface area contributed by atoms with Crippen molar-refractivity contribution in [3.05, 3.63) is 0 Å². The summed E-state index contributed by atoms with van der Waals surface area (Å²) in [4.78, 5) is 59.9. The molecule has 18 nitrogen and oxygen atoms in total. The van der Waals surface area contributed by atoms with Crippen molar-refractivity contribution in [1.82, 2.24) is 15.3 Å². The van der Waals surface area contributed by atoms with Crippen LogP contribution in [0.25, 0.3) is 0 Å². The summed E-state index contributed by atoms with van der Waals surface area (Å²) < 4.78 is 50.1. The van der Waals surface area contributed by atoms with E-state index in [9.17, 15) is 33.3 Å². The predicted molar refractivity (Wildman–Crippen MR) is 83.8 cm³/mol. The molecule has 0 aromatic carbocycles. The molecule has 0 aliphatic carbocycles. The SMILES string of the molecule is O=C1NC(=O)N([C@H]2C[C@H](O)[C@@H](CO)O2)CN1OP(=O)(O)OP(=O)(O)OP(=O)(O)O. The van der Waals surface area contributed by atoms with Crippen molar-refractivity contribution in [2.24, 2.45) is 0 Å². The molecule has 0 bridgehead atoms. The van der Waals surface area contributed by atoms with Crippen molar-refractivity contribution in [1.29, 1.82) is 0 Å². The maximum atomic E-state index is 11.9. The number of hydrogen-bond acceptors (Lipinski definition) is 11. The number of urea groups is 2. The van der Waals surface area contributed by atoms with Gasteiger partial charge in [0, 0.05) is 6.42 Å². The Hall–Kier alpha value is -0.970. The first-order valence-corrected chi connectivity index (χ1v) is 11.8. The maximum Gasteiger partial charge on any atom is 0.503 e. The Labute approximate surface area is 160 Å². The summed E-state index contributed by atoms with van der Waals surface area (Å²) in [5.41, 5.74) is 0. The lowest BCUT2D eigenvalue weighted by molar-refractivity contribution is -0.121. The Morgan fingerprint density at radius 3 is 2.21 bits per heavy atom. The average molecular weight is 487 g/mol. The topological polar surface area (TPSA) is 262 Å². The number of carbonyl (C=O) groups excluding carboxylic acids is 2. The number of nitrogens with one attached hydrogen (secondary N) is 1. The number of phosphoric acid groups is 3. The van der Waals surface area contributed by atoms with Crippen LogP contribution in [-0.4, -0.2) is 83.5 Å². The average Bonchev–Trinajstić information content (AvgIpc) is 2.86. The summed E-state index contributed by atoms with van der Waals surface area (Å²) >= 11 is 0. The van der Waals surface area contributed by atoms with E-state index in [1.165, 1.54) is 0 Å². The molecule has 0 aromatic heterocycles. The first kappa shape index (κ1) is 24.3. The molecule has 29 heavy (non-hydrogen) atoms. The number of imide groups is 1. The summed E-state index contributed by atoms with van der Waals surface area (Å²) in [6.45, 7) is -1.49. The lowest BCUT2D eigenvalue weighted by Crippen LogP contribution is -2.61. The van der Waals surface area contributed by atoms with Crippen molar-refractivity contribution in [2.75, 3.05) is 13.3 Å². The molecule has 2 saturated heterocycles. The van der Waals surface area contributed by atoms with E-state index in [0.29, 0.717) is 4.90 Å². The minimum atomic E-state index is -5.82. The predicted octanol–water partition coefficient (Wildman–Crippen LogP) is -1.88. The highest BCUT2D eigenvalue weighted by Gasteiger charge is 2.46. The zero-order valence-electron chi connectivity index (χ0n) is 13.9. The summed E-state index contributed by atoms with van der Waals surface area (Å²) in [5.74, 6) is 0. The molecule has 2 rings (SSSR count). The van der Waals surface area contributed by atoms with Crippen molar-refractivity contribution >= 4 is 35.5 Å². The fraction of sp³-hybridized carbons (Fsp3) is 0.750. The molecule has 2 aliphatic rings. The van der Waals surface area contributed by atoms with E-state index in [1.54, 1.807) is 5.32 Å². The minimum absolute atomic E-state index is 0.00166. The van der Waals surface area contributed by atoms with Gasteiger partial charge in [0.2, 0.25) is 0 Å². The highest BCUT2D eigenvalue weighted by molar-refractivity contribution is 7.66. The van der Waals surface area contributed by atoms with Crippen molar-refractivity contribution in [2.45, 2.75) is 24.9 Å². The number of hydroxylamine groups is 2. The van der Waals surface area contributed by atoms with E-state index in [-0.39, 0.29) is 11.5 Å². The molecule has 5 atom stereocenters. The number of carbonyl (C=O) groups is 2. The molecule has 2 heterocycles. The zero-order chi connectivity index (χ0) is 22.2. The third kappa shape index (κ3) is 6.77. The number of aliphatic hydroxyl groups is 2. The van der Waals surface area contributed by atoms with Gasteiger partial charge in [0.25, 0.3) is 0 Å². The van der Waals surface area contributed by atoms with Gasteiger partial charge >= 0.3 is 35.5 Å². The molecular formula is C8H16N3O15P3. The third-order valence-corrected chi connectivity index (χ3v) is 7.06. The molecule has 2 aliphatic heterocycles. The van der Waals surface area contributed by atoms with Crippen LogP contribution >= 0.6 is 23.5 Å². The largest absolute Gasteiger partial charge is 0.503 e. The van der Waals surface area contributed by atoms with Crippen LogP contribution in [0.1, 0.15) is 6.42 Å². The lowest BCUT2D eigenvalue weighted by Gasteiger charge is -2.37. The Balaban J connectivity index is 2.08. The van der Waals surface area contributed by atoms with Crippen LogP contribution in [0.15, 0.2) is 0 Å². The summed E-state index contributed by atoms with van der Waals surface area (Å²) in [5, 5.41) is 20.4. The van der Waals surface area contributed by atoms with Gasteiger partial charge in [0.1, 0.15) is 19.0 Å². The molecule has 7 N–H and O–H groups in total. The molecule has 0 radical (unpaired) electrons. The van der Waals surface area contributed by atoms with Gasteiger partial charge in [-0.25, -0.2) is 23.3 Å². The third-order valence-electron chi connectivity index (χ3n) is 3.33. The summed E-state index contributed by atoms with van der Waals surface area (Å²) in [6, 6.07) is -2.47. The Morgan fingerprint density at radius 2 is 1.69 bits per heavy atom. The molecule has 168 valence electrons. The highest BCUT2D eigenvalue weighted by Crippen LogP contribution is 2.66. The van der Waals surface area contributed by atoms with Crippen molar-refractivity contribution in [3.8, 4) is 0 Å². The quantitative estimate of drug-likeness (QED) is 0.185. The van der Waals surface area contributed by atoms with Gasteiger partial charge in [-0.05, 0) is 0 Å². The first-order valence-electron chi connectivity index (χ1n) is 7.29. The maximum absolute atomic E-state index is 11.9. The molecular weight excluding hydrogens is 471 g/mol. The highest BCUT2D eigenvalue weighted by atomic mass is 31.3. The summed E-state index contributed by atoms with van der Waals surface area (Å²) in [6.07, 6.45) is -3.60. The van der Waals surface area contributed by atoms with Crippen LogP contribution < -0.4 is 5.32 Å². The summed E-state index contributed by atoms with van der Waals surface area (Å²) in [7, 11) is -17.1. The van der Waals surface area contributed by atoms with Gasteiger partial charge in [-0.2, -0.15) is 18.3 Å². The number of aliphatic hydroxyl groups excluding tert-OH is 2. The van der Waals surface area contributed by atoms with E-state index in [0.717, 1.165) is 0 Å². The molecule has 21 heteroatoms. The zero-order valence-corrected chi connectivity index (χ0v) is 16.6. The number of nitrogens with zero attached hydrogens (tertiary/aromatic N) is 2. The molecule has 2 fully saturated rings. The normalized spacial score (nSPS) is 30.1. The fourth-order valence-electron chi connectivity index (χ4n) is 2.27. The van der Waals surface area contributed by atoms with Gasteiger partial charge in [-0.15, -0.1) is 0 Å². The van der Waals surface area contributed by atoms with Crippen LogP contribution in [0, 0.1) is 0 Å². The lowest BCUT2D eigenvalue weighted by atomic mass is 10.2. The van der Waals surface area contributed by atoms with E-state index in [2.05, 4.69) is 13.2 Å². The van der Waals surface area contributed by atoms with Gasteiger partial charge in [-0.1, -0.05) is 0 Å². The standard InChI is InChI=1S/C8H16N3O15P3/c12-2-5-4(13)1-6(23-5)10-3-11(8(15)9-7(10)14)24-28(19,20)26-29(21,22)25-27(16,17)18/h4-6,12-13H,1-3H2,(H,19,20)(H,21,22)(H,9,14,15)(H2,16,17,18)/t4-,5+,6+/m0/s1. The van der Waals surface area contributed by atoms with Gasteiger partial charge < -0.3 is 34.5 Å². The Morgan fingerprint density at radius 1 is 1.07 bits per heavy atom. The smallest absolute Gasteiger partial charge is 0.394 e. The monoisotopic (exact) mass is 487 g/mol. The van der Waals surface area contributed by atoms with Gasteiger partial charge in [-0.3, -0.25) is 10.2 Å². The minimum Gasteiger partial charge on any atom is -0.394 e. The van der Waals surface area contributed by atoms with E-state index in [1.807, 2.05) is 0 Å². The molecule has 0 spiro atoms. The Kier molecular flexibility index (Phi) is 7.24. The molecule has 0 aromatic rings. The number of hydrogen-bond donors (Lipinski definition) is 7. The second-order valence-corrected chi connectivity index (χ2v) is 9.84. The number of amides is 4. The van der Waals surface area contributed by atoms with Crippen LogP contribution in [0.5, 0.6) is 0 Å². The second-order valence-electron chi connectivity index (χ2n) is 5.51. The number of ether oxygens (including phenoxy) is 1. The number of rotatable bonds is 8. The van der Waals surface area contributed by atoms with Gasteiger partial charge in [0.15, 0.2) is 0 Å². The van der Waals surface area contributed by atoms with E-state index >= 15 is 0 Å².